The second kappa shape index (κ2) is 7.29. The zero-order valence-corrected chi connectivity index (χ0v) is 12.4. The molecule has 3 heteroatoms. The van der Waals surface area contributed by atoms with Crippen LogP contribution in [0.3, 0.4) is 0 Å². The summed E-state index contributed by atoms with van der Waals surface area (Å²) >= 11 is 0. The first kappa shape index (κ1) is 15.7. The molecule has 0 fully saturated rings. The highest BCUT2D eigenvalue weighted by atomic mass is 16.4. The van der Waals surface area contributed by atoms with E-state index in [0.29, 0.717) is 18.4 Å². The maximum absolute atomic E-state index is 10.5. The van der Waals surface area contributed by atoms with Gasteiger partial charge in [-0.15, -0.1) is 0 Å². The van der Waals surface area contributed by atoms with E-state index < -0.39 is 5.97 Å². The molecule has 1 atom stereocenters. The van der Waals surface area contributed by atoms with Gasteiger partial charge < -0.3 is 5.11 Å². The molecule has 3 nitrogen and oxygen atoms in total. The van der Waals surface area contributed by atoms with Gasteiger partial charge in [-0.05, 0) is 44.0 Å². The smallest absolute Gasteiger partial charge is 0.303 e. The lowest BCUT2D eigenvalue weighted by Crippen LogP contribution is -2.24. The molecule has 0 bridgehead atoms. The Bertz CT molecular complexity index is 398. The molecule has 0 saturated heterocycles. The third-order valence-corrected chi connectivity index (χ3v) is 3.65. The average Bonchev–Trinajstić information content (AvgIpc) is 2.37. The summed E-state index contributed by atoms with van der Waals surface area (Å²) in [5.41, 5.74) is 2.63. The molecule has 1 aromatic carbocycles. The highest BCUT2D eigenvalue weighted by Gasteiger charge is 2.12. The number of benzene rings is 1. The SMILES string of the molecule is CC(C)c1ccc(C(C)N(C)CCCC(=O)O)cc1. The first-order chi connectivity index (χ1) is 8.91. The Labute approximate surface area is 116 Å². The number of carbonyl (C=O) groups is 1. The molecule has 0 heterocycles. The molecule has 0 aliphatic heterocycles. The van der Waals surface area contributed by atoms with Crippen LogP contribution in [0.5, 0.6) is 0 Å². The largest absolute Gasteiger partial charge is 0.481 e. The van der Waals surface area contributed by atoms with Gasteiger partial charge in [0.05, 0.1) is 0 Å². The van der Waals surface area contributed by atoms with Gasteiger partial charge in [-0.3, -0.25) is 9.69 Å². The molecule has 19 heavy (non-hydrogen) atoms. The van der Waals surface area contributed by atoms with Crippen molar-refractivity contribution in [2.75, 3.05) is 13.6 Å². The number of aliphatic carboxylic acids is 1. The number of hydrogen-bond acceptors (Lipinski definition) is 2. The summed E-state index contributed by atoms with van der Waals surface area (Å²) in [5.74, 6) is -0.167. The normalized spacial score (nSPS) is 12.9. The molecule has 1 unspecified atom stereocenters. The van der Waals surface area contributed by atoms with Crippen LogP contribution in [-0.2, 0) is 4.79 Å². The molecule has 0 spiro atoms. The van der Waals surface area contributed by atoms with E-state index in [-0.39, 0.29) is 6.42 Å². The average molecular weight is 263 g/mol. The Morgan fingerprint density at radius 3 is 2.16 bits per heavy atom. The first-order valence-electron chi connectivity index (χ1n) is 6.93. The number of rotatable bonds is 7. The van der Waals surface area contributed by atoms with Crippen LogP contribution in [0.2, 0.25) is 0 Å². The summed E-state index contributed by atoms with van der Waals surface area (Å²) in [6.07, 6.45) is 0.934. The maximum atomic E-state index is 10.5. The minimum absolute atomic E-state index is 0.239. The third kappa shape index (κ3) is 5.03. The quantitative estimate of drug-likeness (QED) is 0.816. The molecule has 1 rings (SSSR count). The number of carboxylic acid groups (broad SMARTS) is 1. The Kier molecular flexibility index (Phi) is 6.03. The van der Waals surface area contributed by atoms with E-state index >= 15 is 0 Å². The van der Waals surface area contributed by atoms with Crippen molar-refractivity contribution in [3.05, 3.63) is 35.4 Å². The fourth-order valence-corrected chi connectivity index (χ4v) is 2.09. The van der Waals surface area contributed by atoms with Crippen LogP contribution in [0.1, 0.15) is 56.7 Å². The van der Waals surface area contributed by atoms with E-state index in [9.17, 15) is 4.79 Å². The van der Waals surface area contributed by atoms with E-state index in [2.05, 4.69) is 49.9 Å². The van der Waals surface area contributed by atoms with Gasteiger partial charge >= 0.3 is 5.97 Å². The Balaban J connectivity index is 2.56. The van der Waals surface area contributed by atoms with Gasteiger partial charge in [-0.25, -0.2) is 0 Å². The van der Waals surface area contributed by atoms with E-state index in [1.54, 1.807) is 0 Å². The van der Waals surface area contributed by atoms with Gasteiger partial charge in [0.25, 0.3) is 0 Å². The molecule has 0 aliphatic rings. The zero-order valence-electron chi connectivity index (χ0n) is 12.4. The predicted octanol–water partition coefficient (Wildman–Crippen LogP) is 3.67. The Morgan fingerprint density at radius 1 is 1.16 bits per heavy atom. The summed E-state index contributed by atoms with van der Waals surface area (Å²) < 4.78 is 0. The van der Waals surface area contributed by atoms with Crippen LogP contribution < -0.4 is 0 Å². The molecule has 0 saturated carbocycles. The predicted molar refractivity (Wildman–Crippen MR) is 78.4 cm³/mol. The van der Waals surface area contributed by atoms with Crippen LogP contribution in [0, 0.1) is 0 Å². The van der Waals surface area contributed by atoms with Gasteiger partial charge in [-0.1, -0.05) is 38.1 Å². The Morgan fingerprint density at radius 2 is 1.68 bits per heavy atom. The van der Waals surface area contributed by atoms with Gasteiger partial charge in [0.2, 0.25) is 0 Å². The van der Waals surface area contributed by atoms with Crippen LogP contribution >= 0.6 is 0 Å². The standard InChI is InChI=1S/C16H25NO2/c1-12(2)14-7-9-15(10-8-14)13(3)17(4)11-5-6-16(18)19/h7-10,12-13H,5-6,11H2,1-4H3,(H,18,19). The van der Waals surface area contributed by atoms with Crippen molar-refractivity contribution in [3.63, 3.8) is 0 Å². The second-order valence-electron chi connectivity index (χ2n) is 5.48. The van der Waals surface area contributed by atoms with Gasteiger partial charge in [0.1, 0.15) is 0 Å². The first-order valence-corrected chi connectivity index (χ1v) is 6.93. The lowest BCUT2D eigenvalue weighted by molar-refractivity contribution is -0.137. The summed E-state index contributed by atoms with van der Waals surface area (Å²) in [6, 6.07) is 9.03. The third-order valence-electron chi connectivity index (χ3n) is 3.65. The molecule has 1 N–H and O–H groups in total. The van der Waals surface area contributed by atoms with Crippen molar-refractivity contribution in [3.8, 4) is 0 Å². The van der Waals surface area contributed by atoms with E-state index in [1.807, 2.05) is 7.05 Å². The summed E-state index contributed by atoms with van der Waals surface area (Å²) in [6.45, 7) is 7.34. The fraction of sp³-hybridized carbons (Fsp3) is 0.562. The molecule has 0 amide bonds. The van der Waals surface area contributed by atoms with Gasteiger partial charge in [0.15, 0.2) is 0 Å². The maximum Gasteiger partial charge on any atom is 0.303 e. The van der Waals surface area contributed by atoms with E-state index in [1.165, 1.54) is 11.1 Å². The van der Waals surface area contributed by atoms with Crippen LogP contribution in [-0.4, -0.2) is 29.6 Å². The van der Waals surface area contributed by atoms with Crippen molar-refractivity contribution >= 4 is 5.97 Å². The topological polar surface area (TPSA) is 40.5 Å². The van der Waals surface area contributed by atoms with Crippen molar-refractivity contribution in [1.29, 1.82) is 0 Å². The minimum atomic E-state index is -0.720. The number of nitrogens with zero attached hydrogens (tertiary/aromatic N) is 1. The van der Waals surface area contributed by atoms with Gasteiger partial charge in [-0.2, -0.15) is 0 Å². The molecule has 0 aliphatic carbocycles. The molecule has 1 aromatic rings. The van der Waals surface area contributed by atoms with Crippen molar-refractivity contribution in [2.45, 2.75) is 45.6 Å². The van der Waals surface area contributed by atoms with E-state index in [4.69, 9.17) is 5.11 Å². The van der Waals surface area contributed by atoms with Crippen LogP contribution in [0.4, 0.5) is 0 Å². The van der Waals surface area contributed by atoms with Crippen LogP contribution in [0.25, 0.3) is 0 Å². The molecule has 106 valence electrons. The summed E-state index contributed by atoms with van der Waals surface area (Å²) in [7, 11) is 2.04. The monoisotopic (exact) mass is 263 g/mol. The lowest BCUT2D eigenvalue weighted by atomic mass is 9.99. The van der Waals surface area contributed by atoms with E-state index in [0.717, 1.165) is 6.54 Å². The highest BCUT2D eigenvalue weighted by molar-refractivity contribution is 5.66. The van der Waals surface area contributed by atoms with Crippen molar-refractivity contribution in [2.24, 2.45) is 0 Å². The highest BCUT2D eigenvalue weighted by Crippen LogP contribution is 2.22. The molecule has 0 radical (unpaired) electrons. The molecular formula is C16H25NO2. The Hall–Kier alpha value is -1.35. The minimum Gasteiger partial charge on any atom is -0.481 e. The summed E-state index contributed by atoms with van der Waals surface area (Å²) in [4.78, 5) is 12.7. The van der Waals surface area contributed by atoms with Crippen LogP contribution in [0.15, 0.2) is 24.3 Å². The molecule has 0 aromatic heterocycles. The van der Waals surface area contributed by atoms with Crippen molar-refractivity contribution < 1.29 is 9.90 Å². The lowest BCUT2D eigenvalue weighted by Gasteiger charge is -2.25. The number of carboxylic acids is 1. The van der Waals surface area contributed by atoms with Gasteiger partial charge in [0, 0.05) is 12.5 Å². The fourth-order valence-electron chi connectivity index (χ4n) is 2.09. The van der Waals surface area contributed by atoms with Crippen molar-refractivity contribution in [1.82, 2.24) is 4.90 Å². The second-order valence-corrected chi connectivity index (χ2v) is 5.48. The molecular weight excluding hydrogens is 238 g/mol. The zero-order chi connectivity index (χ0) is 14.4. The number of hydrogen-bond donors (Lipinski definition) is 1. The summed E-state index contributed by atoms with van der Waals surface area (Å²) in [5, 5.41) is 8.65.